The van der Waals surface area contributed by atoms with Crippen LogP contribution < -0.4 is 5.32 Å². The lowest BCUT2D eigenvalue weighted by molar-refractivity contribution is 0.322. The summed E-state index contributed by atoms with van der Waals surface area (Å²) >= 11 is 1.60. The number of hydrogen-bond donors (Lipinski definition) is 2. The first-order chi connectivity index (χ1) is 7.53. The van der Waals surface area contributed by atoms with Gasteiger partial charge in [-0.05, 0) is 32.4 Å². The van der Waals surface area contributed by atoms with Crippen molar-refractivity contribution in [2.75, 3.05) is 12.4 Å². The average Bonchev–Trinajstić information content (AvgIpc) is 2.23. The number of nitrogens with zero attached hydrogens (tertiary/aromatic N) is 1. The van der Waals surface area contributed by atoms with E-state index in [2.05, 4.69) is 37.1 Å². The van der Waals surface area contributed by atoms with E-state index in [1.807, 2.05) is 6.07 Å². The Balaban J connectivity index is 2.63. The molecule has 0 saturated carbocycles. The minimum atomic E-state index is 0.106. The van der Waals surface area contributed by atoms with E-state index in [0.29, 0.717) is 5.75 Å². The normalized spacial score (nSPS) is 11.8. The van der Waals surface area contributed by atoms with Crippen molar-refractivity contribution in [1.82, 2.24) is 10.3 Å². The lowest BCUT2D eigenvalue weighted by Gasteiger charge is -2.21. The first-order valence-corrected chi connectivity index (χ1v) is 6.44. The van der Waals surface area contributed by atoms with Gasteiger partial charge in [-0.3, -0.25) is 0 Å². The number of nitrogens with one attached hydrogen (secondary N) is 1. The highest BCUT2D eigenvalue weighted by molar-refractivity contribution is 7.99. The molecule has 0 aliphatic heterocycles. The van der Waals surface area contributed by atoms with E-state index >= 15 is 0 Å². The Morgan fingerprint density at radius 2 is 2.19 bits per heavy atom. The van der Waals surface area contributed by atoms with Crippen molar-refractivity contribution in [1.29, 1.82) is 0 Å². The van der Waals surface area contributed by atoms with E-state index in [9.17, 15) is 0 Å². The molecule has 3 nitrogen and oxygen atoms in total. The van der Waals surface area contributed by atoms with E-state index in [0.717, 1.165) is 11.6 Å². The maximum atomic E-state index is 8.81. The molecule has 0 saturated heterocycles. The van der Waals surface area contributed by atoms with Gasteiger partial charge in [-0.15, -0.1) is 11.8 Å². The molecule has 0 fully saturated rings. The van der Waals surface area contributed by atoms with Gasteiger partial charge < -0.3 is 10.4 Å². The fourth-order valence-electron chi connectivity index (χ4n) is 1.19. The predicted octanol–water partition coefficient (Wildman–Crippen LogP) is 2.05. The molecule has 1 aromatic heterocycles. The Bertz CT molecular complexity index is 323. The summed E-state index contributed by atoms with van der Waals surface area (Å²) in [6, 6.07) is 4.02. The number of hydrogen-bond acceptors (Lipinski definition) is 4. The van der Waals surface area contributed by atoms with E-state index in [1.54, 1.807) is 18.0 Å². The third-order valence-electron chi connectivity index (χ3n) is 1.99. The third kappa shape index (κ3) is 4.96. The van der Waals surface area contributed by atoms with Gasteiger partial charge in [-0.2, -0.15) is 0 Å². The Labute approximate surface area is 102 Å². The molecular formula is C12H20N2OS. The standard InChI is InChI=1S/C12H20N2OS/c1-12(2,3)14-9-10-5-4-6-13-11(10)16-8-7-15/h4-6,14-15H,7-9H2,1-3H3. The van der Waals surface area contributed by atoms with Crippen LogP contribution in [-0.4, -0.2) is 28.0 Å². The zero-order valence-corrected chi connectivity index (χ0v) is 11.0. The highest BCUT2D eigenvalue weighted by atomic mass is 32.2. The summed E-state index contributed by atoms with van der Waals surface area (Å²) in [5, 5.41) is 13.3. The molecule has 16 heavy (non-hydrogen) atoms. The molecule has 0 atom stereocenters. The quantitative estimate of drug-likeness (QED) is 0.773. The predicted molar refractivity (Wildman–Crippen MR) is 68.6 cm³/mol. The summed E-state index contributed by atoms with van der Waals surface area (Å²) in [5.41, 5.74) is 1.30. The van der Waals surface area contributed by atoms with Crippen molar-refractivity contribution < 1.29 is 5.11 Å². The highest BCUT2D eigenvalue weighted by Gasteiger charge is 2.10. The molecule has 90 valence electrons. The van der Waals surface area contributed by atoms with E-state index in [4.69, 9.17) is 5.11 Å². The Kier molecular flexibility index (Phi) is 5.25. The van der Waals surface area contributed by atoms with Crippen molar-refractivity contribution in [3.05, 3.63) is 23.9 Å². The van der Waals surface area contributed by atoms with Crippen LogP contribution in [0.5, 0.6) is 0 Å². The largest absolute Gasteiger partial charge is 0.396 e. The van der Waals surface area contributed by atoms with Crippen LogP contribution in [0.3, 0.4) is 0 Å². The van der Waals surface area contributed by atoms with Crippen LogP contribution in [0.15, 0.2) is 23.4 Å². The molecule has 2 N–H and O–H groups in total. The van der Waals surface area contributed by atoms with Gasteiger partial charge in [0.1, 0.15) is 5.03 Å². The fraction of sp³-hybridized carbons (Fsp3) is 0.583. The molecular weight excluding hydrogens is 220 g/mol. The molecule has 0 unspecified atom stereocenters. The second-order valence-corrected chi connectivity index (χ2v) is 5.73. The van der Waals surface area contributed by atoms with Crippen LogP contribution in [0, 0.1) is 0 Å². The van der Waals surface area contributed by atoms with Crippen molar-refractivity contribution in [2.24, 2.45) is 0 Å². The minimum Gasteiger partial charge on any atom is -0.396 e. The molecule has 0 bridgehead atoms. The van der Waals surface area contributed by atoms with Gasteiger partial charge in [-0.25, -0.2) is 4.98 Å². The number of pyridine rings is 1. The van der Waals surface area contributed by atoms with Crippen LogP contribution in [0.25, 0.3) is 0 Å². The summed E-state index contributed by atoms with van der Waals surface area (Å²) in [7, 11) is 0. The maximum absolute atomic E-state index is 8.81. The van der Waals surface area contributed by atoms with Gasteiger partial charge in [0.15, 0.2) is 0 Å². The zero-order valence-electron chi connectivity index (χ0n) is 10.2. The molecule has 0 aliphatic rings. The van der Waals surface area contributed by atoms with Crippen LogP contribution in [-0.2, 0) is 6.54 Å². The second-order valence-electron chi connectivity index (χ2n) is 4.64. The number of aliphatic hydroxyl groups excluding tert-OH is 1. The van der Waals surface area contributed by atoms with Crippen molar-refractivity contribution in [3.8, 4) is 0 Å². The second kappa shape index (κ2) is 6.23. The van der Waals surface area contributed by atoms with Crippen molar-refractivity contribution in [2.45, 2.75) is 37.9 Å². The molecule has 1 heterocycles. The molecule has 0 spiro atoms. The lowest BCUT2D eigenvalue weighted by atomic mass is 10.1. The van der Waals surface area contributed by atoms with Crippen molar-refractivity contribution >= 4 is 11.8 Å². The molecule has 0 amide bonds. The third-order valence-corrected chi connectivity index (χ3v) is 3.02. The molecule has 1 aromatic rings. The zero-order chi connectivity index (χ0) is 12.0. The van der Waals surface area contributed by atoms with Gasteiger partial charge in [0.25, 0.3) is 0 Å². The summed E-state index contributed by atoms with van der Waals surface area (Å²) in [5.74, 6) is 0.694. The first-order valence-electron chi connectivity index (χ1n) is 5.45. The lowest BCUT2D eigenvalue weighted by Crippen LogP contribution is -2.35. The minimum absolute atomic E-state index is 0.106. The van der Waals surface area contributed by atoms with Gasteiger partial charge in [0.2, 0.25) is 0 Å². The van der Waals surface area contributed by atoms with Crippen LogP contribution in [0.4, 0.5) is 0 Å². The Hall–Kier alpha value is -0.580. The smallest absolute Gasteiger partial charge is 0.101 e. The Morgan fingerprint density at radius 3 is 2.81 bits per heavy atom. The average molecular weight is 240 g/mol. The number of rotatable bonds is 5. The van der Waals surface area contributed by atoms with E-state index in [-0.39, 0.29) is 12.1 Å². The highest BCUT2D eigenvalue weighted by Crippen LogP contribution is 2.19. The first kappa shape index (κ1) is 13.5. The van der Waals surface area contributed by atoms with Gasteiger partial charge >= 0.3 is 0 Å². The molecule has 4 heteroatoms. The summed E-state index contributed by atoms with van der Waals surface area (Å²) in [4.78, 5) is 4.33. The summed E-state index contributed by atoms with van der Waals surface area (Å²) < 4.78 is 0. The van der Waals surface area contributed by atoms with E-state index in [1.165, 1.54) is 5.56 Å². The van der Waals surface area contributed by atoms with E-state index < -0.39 is 0 Å². The number of thioether (sulfide) groups is 1. The maximum Gasteiger partial charge on any atom is 0.101 e. The van der Waals surface area contributed by atoms with Gasteiger partial charge in [-0.1, -0.05) is 6.07 Å². The van der Waals surface area contributed by atoms with Crippen molar-refractivity contribution in [3.63, 3.8) is 0 Å². The molecule has 0 radical (unpaired) electrons. The molecule has 0 aromatic carbocycles. The fourth-order valence-corrected chi connectivity index (χ4v) is 1.94. The summed E-state index contributed by atoms with van der Waals surface area (Å²) in [6.45, 7) is 7.43. The SMILES string of the molecule is CC(C)(C)NCc1cccnc1SCCO. The molecule has 0 aliphatic carbocycles. The monoisotopic (exact) mass is 240 g/mol. The van der Waals surface area contributed by atoms with Crippen LogP contribution >= 0.6 is 11.8 Å². The van der Waals surface area contributed by atoms with Gasteiger partial charge in [0.05, 0.1) is 6.61 Å². The van der Waals surface area contributed by atoms with Crippen LogP contribution in [0.2, 0.25) is 0 Å². The van der Waals surface area contributed by atoms with Gasteiger partial charge in [0, 0.05) is 24.0 Å². The number of aliphatic hydroxyl groups is 1. The topological polar surface area (TPSA) is 45.2 Å². The Morgan fingerprint density at radius 1 is 1.44 bits per heavy atom. The summed E-state index contributed by atoms with van der Waals surface area (Å²) in [6.07, 6.45) is 1.79. The molecule has 1 rings (SSSR count). The van der Waals surface area contributed by atoms with Crippen LogP contribution in [0.1, 0.15) is 26.3 Å². The number of aromatic nitrogens is 1.